The Balaban J connectivity index is 3.81. The predicted octanol–water partition coefficient (Wildman–Crippen LogP) is 2.62. The summed E-state index contributed by atoms with van der Waals surface area (Å²) in [6.45, 7) is 4.13. The van der Waals surface area contributed by atoms with Crippen LogP contribution in [0.2, 0.25) is 0 Å². The molecule has 2 heteroatoms. The molecule has 0 aromatic heterocycles. The standard InChI is InChI=1S/C10H19NO/c1-3-5-7-10(12,9-11)8-6-4-2/h12H,3-8H2,1-2H3. The highest BCUT2D eigenvalue weighted by Crippen LogP contribution is 2.20. The fourth-order valence-electron chi connectivity index (χ4n) is 1.18. The Morgan fingerprint density at radius 1 is 1.17 bits per heavy atom. The third kappa shape index (κ3) is 4.35. The first-order valence-electron chi connectivity index (χ1n) is 4.82. The highest BCUT2D eigenvalue weighted by Gasteiger charge is 2.24. The third-order valence-electron chi connectivity index (χ3n) is 2.10. The molecule has 70 valence electrons. The van der Waals surface area contributed by atoms with Gasteiger partial charge in [-0.1, -0.05) is 26.7 Å². The molecule has 0 amide bonds. The summed E-state index contributed by atoms with van der Waals surface area (Å²) in [5.74, 6) is 0. The summed E-state index contributed by atoms with van der Waals surface area (Å²) in [6.07, 6.45) is 5.20. The first-order chi connectivity index (χ1) is 5.68. The Kier molecular flexibility index (Phi) is 5.74. The predicted molar refractivity (Wildman–Crippen MR) is 49.6 cm³/mol. The molecule has 0 radical (unpaired) electrons. The van der Waals surface area contributed by atoms with Gasteiger partial charge in [-0.05, 0) is 25.7 Å². The van der Waals surface area contributed by atoms with Crippen LogP contribution in [-0.2, 0) is 0 Å². The molecular formula is C10H19NO. The molecule has 0 fully saturated rings. The van der Waals surface area contributed by atoms with Crippen molar-refractivity contribution in [3.05, 3.63) is 0 Å². The highest BCUT2D eigenvalue weighted by molar-refractivity contribution is 4.99. The van der Waals surface area contributed by atoms with Crippen molar-refractivity contribution < 1.29 is 5.11 Å². The first-order valence-corrected chi connectivity index (χ1v) is 4.82. The molecular weight excluding hydrogens is 150 g/mol. The lowest BCUT2D eigenvalue weighted by molar-refractivity contribution is 0.0752. The van der Waals surface area contributed by atoms with E-state index in [0.29, 0.717) is 12.8 Å². The molecule has 0 aromatic carbocycles. The Morgan fingerprint density at radius 2 is 1.58 bits per heavy atom. The van der Waals surface area contributed by atoms with Crippen molar-refractivity contribution in [1.82, 2.24) is 0 Å². The van der Waals surface area contributed by atoms with E-state index in [9.17, 15) is 5.11 Å². The number of rotatable bonds is 6. The van der Waals surface area contributed by atoms with E-state index in [2.05, 4.69) is 13.8 Å². The van der Waals surface area contributed by atoms with E-state index in [1.54, 1.807) is 0 Å². The van der Waals surface area contributed by atoms with Gasteiger partial charge < -0.3 is 5.11 Å². The Hall–Kier alpha value is -0.550. The minimum Gasteiger partial charge on any atom is -0.375 e. The molecule has 1 N–H and O–H groups in total. The van der Waals surface area contributed by atoms with Crippen molar-refractivity contribution in [2.24, 2.45) is 0 Å². The lowest BCUT2D eigenvalue weighted by atomic mass is 9.93. The number of unbranched alkanes of at least 4 members (excludes halogenated alkanes) is 2. The Bertz CT molecular complexity index is 140. The molecule has 2 nitrogen and oxygen atoms in total. The normalized spacial score (nSPS) is 11.2. The molecule has 0 rings (SSSR count). The van der Waals surface area contributed by atoms with Crippen LogP contribution in [0.5, 0.6) is 0 Å². The molecule has 0 aliphatic heterocycles. The van der Waals surface area contributed by atoms with E-state index in [1.807, 2.05) is 6.07 Å². The van der Waals surface area contributed by atoms with Crippen LogP contribution in [0, 0.1) is 11.3 Å². The van der Waals surface area contributed by atoms with Crippen LogP contribution in [0.15, 0.2) is 0 Å². The summed E-state index contributed by atoms with van der Waals surface area (Å²) in [6, 6.07) is 2.00. The summed E-state index contributed by atoms with van der Waals surface area (Å²) in [5.41, 5.74) is -1.05. The topological polar surface area (TPSA) is 44.0 Å². The molecule has 0 aliphatic rings. The highest BCUT2D eigenvalue weighted by atomic mass is 16.3. The van der Waals surface area contributed by atoms with E-state index in [-0.39, 0.29) is 0 Å². The molecule has 0 spiro atoms. The summed E-state index contributed by atoms with van der Waals surface area (Å²) < 4.78 is 0. The van der Waals surface area contributed by atoms with E-state index >= 15 is 0 Å². The van der Waals surface area contributed by atoms with E-state index in [0.717, 1.165) is 25.7 Å². The van der Waals surface area contributed by atoms with Gasteiger partial charge in [-0.15, -0.1) is 0 Å². The summed E-state index contributed by atoms with van der Waals surface area (Å²) in [5, 5.41) is 18.5. The molecule has 0 bridgehead atoms. The van der Waals surface area contributed by atoms with Gasteiger partial charge in [0.15, 0.2) is 5.60 Å². The van der Waals surface area contributed by atoms with Crippen LogP contribution in [0.25, 0.3) is 0 Å². The van der Waals surface area contributed by atoms with Gasteiger partial charge in [-0.2, -0.15) is 5.26 Å². The van der Waals surface area contributed by atoms with Crippen molar-refractivity contribution in [1.29, 1.82) is 5.26 Å². The van der Waals surface area contributed by atoms with Gasteiger partial charge in [0.1, 0.15) is 0 Å². The second-order valence-corrected chi connectivity index (χ2v) is 3.35. The maximum atomic E-state index is 9.72. The summed E-state index contributed by atoms with van der Waals surface area (Å²) in [4.78, 5) is 0. The van der Waals surface area contributed by atoms with Crippen LogP contribution >= 0.6 is 0 Å². The number of nitrogens with zero attached hydrogens (tertiary/aromatic N) is 1. The number of hydrogen-bond acceptors (Lipinski definition) is 2. The van der Waals surface area contributed by atoms with Gasteiger partial charge in [-0.3, -0.25) is 0 Å². The lowest BCUT2D eigenvalue weighted by Crippen LogP contribution is -2.25. The zero-order valence-electron chi connectivity index (χ0n) is 8.14. The smallest absolute Gasteiger partial charge is 0.151 e. The molecule has 0 atom stereocenters. The summed E-state index contributed by atoms with van der Waals surface area (Å²) >= 11 is 0. The minimum atomic E-state index is -1.05. The SMILES string of the molecule is CCCCC(O)(C#N)CCCC. The van der Waals surface area contributed by atoms with Gasteiger partial charge in [0.2, 0.25) is 0 Å². The number of nitriles is 1. The molecule has 0 saturated heterocycles. The van der Waals surface area contributed by atoms with Crippen molar-refractivity contribution in [2.45, 2.75) is 58.0 Å². The van der Waals surface area contributed by atoms with Crippen molar-refractivity contribution in [3.8, 4) is 6.07 Å². The molecule has 0 aliphatic carbocycles. The zero-order valence-corrected chi connectivity index (χ0v) is 8.14. The van der Waals surface area contributed by atoms with Gasteiger partial charge in [0.05, 0.1) is 6.07 Å². The van der Waals surface area contributed by atoms with Crippen LogP contribution in [0.4, 0.5) is 0 Å². The van der Waals surface area contributed by atoms with E-state index < -0.39 is 5.60 Å². The second kappa shape index (κ2) is 6.02. The number of hydrogen-bond donors (Lipinski definition) is 1. The van der Waals surface area contributed by atoms with Crippen LogP contribution in [0.1, 0.15) is 52.4 Å². The van der Waals surface area contributed by atoms with Gasteiger partial charge in [-0.25, -0.2) is 0 Å². The van der Waals surface area contributed by atoms with Gasteiger partial charge in [0.25, 0.3) is 0 Å². The lowest BCUT2D eigenvalue weighted by Gasteiger charge is -2.19. The Labute approximate surface area is 75.2 Å². The fraction of sp³-hybridized carbons (Fsp3) is 0.900. The third-order valence-corrected chi connectivity index (χ3v) is 2.10. The molecule has 0 saturated carbocycles. The largest absolute Gasteiger partial charge is 0.375 e. The molecule has 0 aromatic rings. The average Bonchev–Trinajstić information content (AvgIpc) is 2.11. The van der Waals surface area contributed by atoms with Crippen LogP contribution < -0.4 is 0 Å². The van der Waals surface area contributed by atoms with Crippen molar-refractivity contribution in [3.63, 3.8) is 0 Å². The average molecular weight is 169 g/mol. The maximum Gasteiger partial charge on any atom is 0.151 e. The maximum absolute atomic E-state index is 9.72. The Morgan fingerprint density at radius 3 is 1.83 bits per heavy atom. The molecule has 0 heterocycles. The summed E-state index contributed by atoms with van der Waals surface area (Å²) in [7, 11) is 0. The van der Waals surface area contributed by atoms with E-state index in [4.69, 9.17) is 5.26 Å². The van der Waals surface area contributed by atoms with Crippen LogP contribution in [0.3, 0.4) is 0 Å². The second-order valence-electron chi connectivity index (χ2n) is 3.35. The van der Waals surface area contributed by atoms with Crippen molar-refractivity contribution >= 4 is 0 Å². The van der Waals surface area contributed by atoms with E-state index in [1.165, 1.54) is 0 Å². The first kappa shape index (κ1) is 11.4. The quantitative estimate of drug-likeness (QED) is 0.621. The molecule has 0 unspecified atom stereocenters. The monoisotopic (exact) mass is 169 g/mol. The minimum absolute atomic E-state index is 0.625. The van der Waals surface area contributed by atoms with Gasteiger partial charge in [0, 0.05) is 0 Å². The zero-order chi connectivity index (χ0) is 9.45. The number of aliphatic hydroxyl groups is 1. The van der Waals surface area contributed by atoms with Crippen LogP contribution in [-0.4, -0.2) is 10.7 Å². The van der Waals surface area contributed by atoms with Crippen molar-refractivity contribution in [2.75, 3.05) is 0 Å². The molecule has 12 heavy (non-hydrogen) atoms. The fourth-order valence-corrected chi connectivity index (χ4v) is 1.18. The van der Waals surface area contributed by atoms with Gasteiger partial charge >= 0.3 is 0 Å².